The maximum absolute atomic E-state index is 12.6. The van der Waals surface area contributed by atoms with E-state index in [1.165, 1.54) is 10.4 Å². The van der Waals surface area contributed by atoms with Gasteiger partial charge in [-0.1, -0.05) is 6.07 Å². The lowest BCUT2D eigenvalue weighted by atomic mass is 10.2. The van der Waals surface area contributed by atoms with Crippen LogP contribution in [0.1, 0.15) is 25.8 Å². The van der Waals surface area contributed by atoms with Gasteiger partial charge in [0, 0.05) is 17.1 Å². The fourth-order valence-electron chi connectivity index (χ4n) is 1.80. The van der Waals surface area contributed by atoms with Crippen molar-refractivity contribution < 1.29 is 18.3 Å². The van der Waals surface area contributed by atoms with Gasteiger partial charge in [0.15, 0.2) is 0 Å². The molecular weight excluding hydrogens is 346 g/mol. The molecule has 0 saturated heterocycles. The zero-order valence-corrected chi connectivity index (χ0v) is 14.0. The van der Waals surface area contributed by atoms with Gasteiger partial charge < -0.3 is 5.11 Å². The minimum Gasteiger partial charge on any atom is -0.481 e. The molecule has 0 aliphatic carbocycles. The molecule has 0 spiro atoms. The van der Waals surface area contributed by atoms with Crippen LogP contribution in [0, 0.1) is 6.92 Å². The Kier molecular flexibility index (Phi) is 5.73. The van der Waals surface area contributed by atoms with Gasteiger partial charge in [-0.05, 0) is 54.4 Å². The van der Waals surface area contributed by atoms with Crippen LogP contribution in [0.25, 0.3) is 0 Å². The molecular formula is C13H18BrNO4S. The summed E-state index contributed by atoms with van der Waals surface area (Å²) in [5.74, 6) is -1.02. The Morgan fingerprint density at radius 3 is 2.45 bits per heavy atom. The van der Waals surface area contributed by atoms with Crippen molar-refractivity contribution in [3.05, 3.63) is 28.2 Å². The molecule has 7 heteroatoms. The fourth-order valence-corrected chi connectivity index (χ4v) is 4.59. The third-order valence-electron chi connectivity index (χ3n) is 2.80. The molecule has 0 unspecified atom stereocenters. The van der Waals surface area contributed by atoms with E-state index < -0.39 is 16.0 Å². The highest BCUT2D eigenvalue weighted by atomic mass is 79.9. The van der Waals surface area contributed by atoms with Gasteiger partial charge in [0.25, 0.3) is 0 Å². The van der Waals surface area contributed by atoms with Gasteiger partial charge in [0.1, 0.15) is 0 Å². The molecule has 1 aromatic rings. The Morgan fingerprint density at radius 2 is 2.00 bits per heavy atom. The predicted molar refractivity (Wildman–Crippen MR) is 80.2 cm³/mol. The lowest BCUT2D eigenvalue weighted by Crippen LogP contribution is -2.38. The average molecular weight is 364 g/mol. The normalized spacial score (nSPS) is 12.1. The van der Waals surface area contributed by atoms with Gasteiger partial charge in [-0.15, -0.1) is 0 Å². The van der Waals surface area contributed by atoms with Crippen molar-refractivity contribution in [2.24, 2.45) is 0 Å². The van der Waals surface area contributed by atoms with Crippen LogP contribution in [0.5, 0.6) is 0 Å². The summed E-state index contributed by atoms with van der Waals surface area (Å²) in [4.78, 5) is 10.8. The number of carboxylic acid groups (broad SMARTS) is 1. The highest BCUT2D eigenvalue weighted by Gasteiger charge is 2.29. The number of aliphatic carboxylic acids is 1. The van der Waals surface area contributed by atoms with E-state index in [1.54, 1.807) is 26.0 Å². The molecule has 0 aromatic heterocycles. The van der Waals surface area contributed by atoms with Crippen LogP contribution >= 0.6 is 15.9 Å². The van der Waals surface area contributed by atoms with Crippen LogP contribution in [-0.2, 0) is 14.8 Å². The van der Waals surface area contributed by atoms with Crippen molar-refractivity contribution in [2.75, 3.05) is 6.54 Å². The van der Waals surface area contributed by atoms with Gasteiger partial charge in [0.05, 0.1) is 11.3 Å². The van der Waals surface area contributed by atoms with Gasteiger partial charge >= 0.3 is 5.97 Å². The highest BCUT2D eigenvalue weighted by Crippen LogP contribution is 2.27. The van der Waals surface area contributed by atoms with Crippen LogP contribution in [0.2, 0.25) is 0 Å². The molecule has 0 bridgehead atoms. The lowest BCUT2D eigenvalue weighted by Gasteiger charge is -2.25. The van der Waals surface area contributed by atoms with Crippen molar-refractivity contribution in [3.8, 4) is 0 Å². The topological polar surface area (TPSA) is 74.7 Å². The third-order valence-corrected chi connectivity index (χ3v) is 5.85. The standard InChI is InChI=1S/C13H18BrNO4S/c1-9(2)15(7-6-13(16)17)20(18,19)12-5-4-10(3)8-11(12)14/h4-5,8-9H,6-7H2,1-3H3,(H,16,17). The molecule has 0 radical (unpaired) electrons. The summed E-state index contributed by atoms with van der Waals surface area (Å²) in [5, 5.41) is 8.74. The largest absolute Gasteiger partial charge is 0.481 e. The first-order valence-corrected chi connectivity index (χ1v) is 8.39. The second kappa shape index (κ2) is 6.69. The summed E-state index contributed by atoms with van der Waals surface area (Å²) in [7, 11) is -3.72. The lowest BCUT2D eigenvalue weighted by molar-refractivity contribution is -0.137. The summed E-state index contributed by atoms with van der Waals surface area (Å²) in [5.41, 5.74) is 0.942. The molecule has 1 N–H and O–H groups in total. The highest BCUT2D eigenvalue weighted by molar-refractivity contribution is 9.10. The van der Waals surface area contributed by atoms with Crippen LogP contribution in [0.4, 0.5) is 0 Å². The number of carbonyl (C=O) groups is 1. The van der Waals surface area contributed by atoms with E-state index in [-0.39, 0.29) is 23.9 Å². The third kappa shape index (κ3) is 4.04. The number of nitrogens with zero attached hydrogens (tertiary/aromatic N) is 1. The van der Waals surface area contributed by atoms with Crippen LogP contribution in [0.3, 0.4) is 0 Å². The minimum absolute atomic E-state index is 0.0460. The van der Waals surface area contributed by atoms with E-state index >= 15 is 0 Å². The molecule has 0 atom stereocenters. The molecule has 0 aliphatic heterocycles. The van der Waals surface area contributed by atoms with Crippen molar-refractivity contribution >= 4 is 31.9 Å². The second-order valence-electron chi connectivity index (χ2n) is 4.79. The number of aryl methyl sites for hydroxylation is 1. The summed E-state index contributed by atoms with van der Waals surface area (Å²) in [6.45, 7) is 5.27. The Morgan fingerprint density at radius 1 is 1.40 bits per heavy atom. The fraction of sp³-hybridized carbons (Fsp3) is 0.462. The maximum Gasteiger partial charge on any atom is 0.304 e. The summed E-state index contributed by atoms with van der Waals surface area (Å²) >= 11 is 3.26. The number of rotatable bonds is 6. The molecule has 0 fully saturated rings. The number of hydrogen-bond acceptors (Lipinski definition) is 3. The molecule has 0 aliphatic rings. The van der Waals surface area contributed by atoms with E-state index in [1.807, 2.05) is 6.92 Å². The van der Waals surface area contributed by atoms with Gasteiger partial charge in [0.2, 0.25) is 10.0 Å². The van der Waals surface area contributed by atoms with Gasteiger partial charge in [-0.3, -0.25) is 4.79 Å². The molecule has 0 saturated carbocycles. The van der Waals surface area contributed by atoms with Crippen molar-refractivity contribution in [3.63, 3.8) is 0 Å². The zero-order valence-electron chi connectivity index (χ0n) is 11.6. The molecule has 20 heavy (non-hydrogen) atoms. The van der Waals surface area contributed by atoms with E-state index in [4.69, 9.17) is 5.11 Å². The van der Waals surface area contributed by atoms with E-state index in [2.05, 4.69) is 15.9 Å². The first-order chi connectivity index (χ1) is 9.16. The van der Waals surface area contributed by atoms with E-state index in [0.717, 1.165) is 5.56 Å². The first-order valence-electron chi connectivity index (χ1n) is 6.16. The monoisotopic (exact) mass is 363 g/mol. The Labute approximate surface area is 127 Å². The summed E-state index contributed by atoms with van der Waals surface area (Å²) < 4.78 is 26.9. The zero-order chi connectivity index (χ0) is 15.5. The van der Waals surface area contributed by atoms with Gasteiger partial charge in [-0.25, -0.2) is 8.42 Å². The number of hydrogen-bond donors (Lipinski definition) is 1. The van der Waals surface area contributed by atoms with E-state index in [0.29, 0.717) is 4.47 Å². The predicted octanol–water partition coefficient (Wildman–Crippen LogP) is 2.63. The van der Waals surface area contributed by atoms with Gasteiger partial charge in [-0.2, -0.15) is 4.31 Å². The molecule has 0 amide bonds. The summed E-state index contributed by atoms with van der Waals surface area (Å²) in [6, 6.07) is 4.66. The molecule has 5 nitrogen and oxygen atoms in total. The Balaban J connectivity index is 3.19. The number of benzene rings is 1. The van der Waals surface area contributed by atoms with Crippen molar-refractivity contribution in [1.29, 1.82) is 0 Å². The molecule has 1 aromatic carbocycles. The van der Waals surface area contributed by atoms with Crippen LogP contribution < -0.4 is 0 Å². The second-order valence-corrected chi connectivity index (χ2v) is 7.50. The number of carboxylic acids is 1. The van der Waals surface area contributed by atoms with Crippen LogP contribution in [-0.4, -0.2) is 36.4 Å². The summed E-state index contributed by atoms with van der Waals surface area (Å²) in [6.07, 6.45) is -0.221. The van der Waals surface area contributed by atoms with Crippen molar-refractivity contribution in [2.45, 2.75) is 38.1 Å². The SMILES string of the molecule is Cc1ccc(S(=O)(=O)N(CCC(=O)O)C(C)C)c(Br)c1. The smallest absolute Gasteiger partial charge is 0.304 e. The molecule has 0 heterocycles. The number of sulfonamides is 1. The maximum atomic E-state index is 12.6. The Hall–Kier alpha value is -0.920. The first kappa shape index (κ1) is 17.1. The van der Waals surface area contributed by atoms with Crippen LogP contribution in [0.15, 0.2) is 27.6 Å². The Bertz CT molecular complexity index is 598. The average Bonchev–Trinajstić information content (AvgIpc) is 2.26. The minimum atomic E-state index is -3.72. The van der Waals surface area contributed by atoms with Crippen molar-refractivity contribution in [1.82, 2.24) is 4.31 Å². The quantitative estimate of drug-likeness (QED) is 0.842. The molecule has 1 rings (SSSR count). The molecule has 112 valence electrons. The number of halogens is 1. The van der Waals surface area contributed by atoms with E-state index in [9.17, 15) is 13.2 Å².